The summed E-state index contributed by atoms with van der Waals surface area (Å²) >= 11 is 6.00. The van der Waals surface area contributed by atoms with Gasteiger partial charge in [-0.15, -0.1) is 5.10 Å². The van der Waals surface area contributed by atoms with Gasteiger partial charge in [0, 0.05) is 36.1 Å². The van der Waals surface area contributed by atoms with Crippen LogP contribution in [0.1, 0.15) is 17.8 Å². The number of halogens is 2. The highest BCUT2D eigenvalue weighted by Crippen LogP contribution is 2.22. The molecule has 106 valence electrons. The lowest BCUT2D eigenvalue weighted by Gasteiger charge is -2.11. The van der Waals surface area contributed by atoms with E-state index in [1.807, 2.05) is 4.90 Å². The van der Waals surface area contributed by atoms with Gasteiger partial charge in [-0.05, 0) is 18.6 Å². The molecule has 3 rings (SSSR count). The summed E-state index contributed by atoms with van der Waals surface area (Å²) in [5, 5.41) is 7.38. The first kappa shape index (κ1) is 13.3. The number of aromatic nitrogens is 3. The highest BCUT2D eigenvalue weighted by molar-refractivity contribution is 6.31. The molecule has 1 aromatic heterocycles. The maximum Gasteiger partial charge on any atom is 0.244 e. The molecule has 1 saturated heterocycles. The minimum absolute atomic E-state index is 0.165. The number of rotatable bonds is 3. The van der Waals surface area contributed by atoms with Crippen LogP contribution in [-0.2, 0) is 6.42 Å². The van der Waals surface area contributed by atoms with E-state index < -0.39 is 0 Å². The van der Waals surface area contributed by atoms with E-state index in [2.05, 4.69) is 15.2 Å². The van der Waals surface area contributed by atoms with Crippen LogP contribution in [-0.4, -0.2) is 34.3 Å². The topological polar surface area (TPSA) is 70.8 Å². The second-order valence-electron chi connectivity index (χ2n) is 4.95. The first-order valence-electron chi connectivity index (χ1n) is 6.48. The van der Waals surface area contributed by atoms with Crippen LogP contribution >= 0.6 is 11.6 Å². The van der Waals surface area contributed by atoms with Gasteiger partial charge in [0.2, 0.25) is 5.95 Å². The van der Waals surface area contributed by atoms with Gasteiger partial charge in [0.25, 0.3) is 0 Å². The van der Waals surface area contributed by atoms with Crippen LogP contribution in [0.3, 0.4) is 0 Å². The third-order valence-corrected chi connectivity index (χ3v) is 3.79. The molecule has 2 heterocycles. The molecule has 1 aliphatic rings. The van der Waals surface area contributed by atoms with Crippen molar-refractivity contribution in [2.24, 2.45) is 5.73 Å². The van der Waals surface area contributed by atoms with Crippen LogP contribution in [0.15, 0.2) is 18.2 Å². The molecular weight excluding hydrogens is 281 g/mol. The number of H-pyrrole nitrogens is 1. The maximum atomic E-state index is 13.7. The Kier molecular flexibility index (Phi) is 3.58. The van der Waals surface area contributed by atoms with Gasteiger partial charge in [0.05, 0.1) is 0 Å². The van der Waals surface area contributed by atoms with Gasteiger partial charge in [-0.1, -0.05) is 17.7 Å². The van der Waals surface area contributed by atoms with E-state index >= 15 is 0 Å². The van der Waals surface area contributed by atoms with Crippen molar-refractivity contribution in [1.29, 1.82) is 0 Å². The molecule has 0 saturated carbocycles. The fourth-order valence-electron chi connectivity index (χ4n) is 2.34. The van der Waals surface area contributed by atoms with Crippen molar-refractivity contribution >= 4 is 17.5 Å². The molecule has 2 aromatic rings. The Labute approximate surface area is 120 Å². The molecule has 0 radical (unpaired) electrons. The summed E-state index contributed by atoms with van der Waals surface area (Å²) in [6, 6.07) is 4.80. The van der Waals surface area contributed by atoms with Gasteiger partial charge in [0.1, 0.15) is 11.6 Å². The fourth-order valence-corrected chi connectivity index (χ4v) is 2.57. The highest BCUT2D eigenvalue weighted by Gasteiger charge is 2.22. The van der Waals surface area contributed by atoms with Gasteiger partial charge in [0.15, 0.2) is 0 Å². The molecule has 0 aliphatic carbocycles. The Balaban J connectivity index is 1.77. The van der Waals surface area contributed by atoms with Gasteiger partial charge >= 0.3 is 0 Å². The van der Waals surface area contributed by atoms with Crippen LogP contribution in [0, 0.1) is 5.82 Å². The molecular formula is C13H15ClFN5. The molecule has 1 aromatic carbocycles. The van der Waals surface area contributed by atoms with Crippen molar-refractivity contribution in [2.45, 2.75) is 18.9 Å². The van der Waals surface area contributed by atoms with Gasteiger partial charge < -0.3 is 10.6 Å². The van der Waals surface area contributed by atoms with E-state index in [4.69, 9.17) is 17.3 Å². The lowest BCUT2D eigenvalue weighted by atomic mass is 10.1. The smallest absolute Gasteiger partial charge is 0.244 e. The number of nitrogens with two attached hydrogens (primary N) is 1. The Morgan fingerprint density at radius 1 is 1.50 bits per heavy atom. The maximum absolute atomic E-state index is 13.7. The van der Waals surface area contributed by atoms with Gasteiger partial charge in [-0.25, -0.2) is 4.39 Å². The summed E-state index contributed by atoms with van der Waals surface area (Å²) in [6.45, 7) is 1.59. The number of hydrogen-bond donors (Lipinski definition) is 2. The Hall–Kier alpha value is -1.66. The van der Waals surface area contributed by atoms with Crippen molar-refractivity contribution in [2.75, 3.05) is 18.0 Å². The monoisotopic (exact) mass is 295 g/mol. The normalized spacial score (nSPS) is 18.8. The summed E-state index contributed by atoms with van der Waals surface area (Å²) < 4.78 is 13.7. The molecule has 0 bridgehead atoms. The summed E-state index contributed by atoms with van der Waals surface area (Å²) in [4.78, 5) is 6.40. The predicted octanol–water partition coefficient (Wildman–Crippen LogP) is 1.73. The largest absolute Gasteiger partial charge is 0.338 e. The number of nitrogens with zero attached hydrogens (tertiary/aromatic N) is 3. The van der Waals surface area contributed by atoms with Crippen molar-refractivity contribution < 1.29 is 4.39 Å². The summed E-state index contributed by atoms with van der Waals surface area (Å²) in [7, 11) is 0. The lowest BCUT2D eigenvalue weighted by Crippen LogP contribution is -2.27. The Bertz CT molecular complexity index is 594. The van der Waals surface area contributed by atoms with Crippen molar-refractivity contribution in [1.82, 2.24) is 15.2 Å². The van der Waals surface area contributed by atoms with E-state index in [0.29, 0.717) is 28.8 Å². The minimum atomic E-state index is -0.335. The van der Waals surface area contributed by atoms with Gasteiger partial charge in [-0.3, -0.25) is 5.10 Å². The molecule has 1 fully saturated rings. The molecule has 7 heteroatoms. The van der Waals surface area contributed by atoms with E-state index in [-0.39, 0.29) is 11.9 Å². The van der Waals surface area contributed by atoms with Crippen LogP contribution in [0.4, 0.5) is 10.3 Å². The number of aromatic amines is 1. The quantitative estimate of drug-likeness (QED) is 0.904. The molecule has 1 atom stereocenters. The average molecular weight is 296 g/mol. The number of benzene rings is 1. The second-order valence-corrected chi connectivity index (χ2v) is 5.36. The number of anilines is 1. The second kappa shape index (κ2) is 5.38. The zero-order valence-electron chi connectivity index (χ0n) is 10.8. The van der Waals surface area contributed by atoms with Crippen LogP contribution < -0.4 is 10.6 Å². The zero-order valence-corrected chi connectivity index (χ0v) is 11.6. The summed E-state index contributed by atoms with van der Waals surface area (Å²) in [5.74, 6) is 0.867. The summed E-state index contributed by atoms with van der Waals surface area (Å²) in [5.41, 5.74) is 6.28. The van der Waals surface area contributed by atoms with Gasteiger partial charge in [-0.2, -0.15) is 4.98 Å². The first-order chi connectivity index (χ1) is 9.63. The van der Waals surface area contributed by atoms with Crippen molar-refractivity contribution in [3.63, 3.8) is 0 Å². The zero-order chi connectivity index (χ0) is 14.1. The summed E-state index contributed by atoms with van der Waals surface area (Å²) in [6.07, 6.45) is 1.22. The Morgan fingerprint density at radius 2 is 2.35 bits per heavy atom. The molecule has 1 aliphatic heterocycles. The van der Waals surface area contributed by atoms with Crippen LogP contribution in [0.25, 0.3) is 0 Å². The molecule has 1 unspecified atom stereocenters. The average Bonchev–Trinajstić information content (AvgIpc) is 3.03. The van der Waals surface area contributed by atoms with Crippen LogP contribution in [0.5, 0.6) is 0 Å². The van der Waals surface area contributed by atoms with Crippen molar-refractivity contribution in [3.8, 4) is 0 Å². The van der Waals surface area contributed by atoms with E-state index in [0.717, 1.165) is 19.5 Å². The third-order valence-electron chi connectivity index (χ3n) is 3.43. The number of hydrogen-bond acceptors (Lipinski definition) is 4. The minimum Gasteiger partial charge on any atom is -0.338 e. The lowest BCUT2D eigenvalue weighted by molar-refractivity contribution is 0.612. The van der Waals surface area contributed by atoms with E-state index in [1.54, 1.807) is 12.1 Å². The highest BCUT2D eigenvalue weighted by atomic mass is 35.5. The molecule has 0 amide bonds. The van der Waals surface area contributed by atoms with Crippen LogP contribution in [0.2, 0.25) is 5.02 Å². The predicted molar refractivity (Wildman–Crippen MR) is 75.4 cm³/mol. The molecule has 3 N–H and O–H groups in total. The Morgan fingerprint density at radius 3 is 3.05 bits per heavy atom. The van der Waals surface area contributed by atoms with Crippen molar-refractivity contribution in [3.05, 3.63) is 40.4 Å². The number of nitrogens with one attached hydrogen (secondary N) is 1. The fraction of sp³-hybridized carbons (Fsp3) is 0.385. The standard InChI is InChI=1S/C13H15ClFN5/c14-10-2-1-3-11(15)9(10)6-12-17-13(19-18-12)20-5-4-8(16)7-20/h1-3,8H,4-7,16H2,(H,17,18,19). The molecule has 20 heavy (non-hydrogen) atoms. The third kappa shape index (κ3) is 2.62. The van der Waals surface area contributed by atoms with E-state index in [9.17, 15) is 4.39 Å². The van der Waals surface area contributed by atoms with E-state index in [1.165, 1.54) is 6.07 Å². The SMILES string of the molecule is NC1CCN(c2n[nH]c(Cc3c(F)cccc3Cl)n2)C1. The first-order valence-corrected chi connectivity index (χ1v) is 6.86. The molecule has 0 spiro atoms. The molecule has 5 nitrogen and oxygen atoms in total.